The summed E-state index contributed by atoms with van der Waals surface area (Å²) < 4.78 is 11.1. The summed E-state index contributed by atoms with van der Waals surface area (Å²) in [6, 6.07) is 6.04. The molecule has 1 aromatic rings. The largest absolute Gasteiger partial charge is 0.493 e. The molecule has 126 valence electrons. The SMILES string of the molecule is COc1cc(/C=C/C(=O)NC2CCCC2)ccc1OCC(C)C. The van der Waals surface area contributed by atoms with E-state index < -0.39 is 0 Å². The van der Waals surface area contributed by atoms with Gasteiger partial charge in [-0.3, -0.25) is 4.79 Å². The third kappa shape index (κ3) is 5.62. The second kappa shape index (κ2) is 8.61. The van der Waals surface area contributed by atoms with E-state index in [1.807, 2.05) is 18.2 Å². The Morgan fingerprint density at radius 3 is 2.70 bits per heavy atom. The minimum Gasteiger partial charge on any atom is -0.493 e. The summed E-state index contributed by atoms with van der Waals surface area (Å²) in [5.74, 6) is 1.84. The van der Waals surface area contributed by atoms with Crippen LogP contribution in [0.5, 0.6) is 11.5 Å². The Labute approximate surface area is 138 Å². The van der Waals surface area contributed by atoms with Gasteiger partial charge in [0.15, 0.2) is 11.5 Å². The minimum atomic E-state index is -0.0315. The molecule has 0 radical (unpaired) electrons. The third-order valence-electron chi connectivity index (χ3n) is 3.89. The van der Waals surface area contributed by atoms with Crippen LogP contribution in [-0.2, 0) is 4.79 Å². The number of rotatable bonds is 7. The zero-order valence-corrected chi connectivity index (χ0v) is 14.3. The molecule has 0 heterocycles. The molecule has 1 aliphatic carbocycles. The van der Waals surface area contributed by atoms with E-state index in [-0.39, 0.29) is 5.91 Å². The maximum Gasteiger partial charge on any atom is 0.244 e. The van der Waals surface area contributed by atoms with Gasteiger partial charge in [-0.2, -0.15) is 0 Å². The Morgan fingerprint density at radius 1 is 1.30 bits per heavy atom. The van der Waals surface area contributed by atoms with Gasteiger partial charge in [-0.05, 0) is 42.5 Å². The van der Waals surface area contributed by atoms with Crippen LogP contribution in [-0.4, -0.2) is 25.7 Å². The lowest BCUT2D eigenvalue weighted by atomic mass is 10.1. The predicted molar refractivity (Wildman–Crippen MR) is 92.8 cm³/mol. The number of carbonyl (C=O) groups excluding carboxylic acids is 1. The maximum absolute atomic E-state index is 11.9. The molecule has 2 rings (SSSR count). The molecule has 0 aliphatic heterocycles. The smallest absolute Gasteiger partial charge is 0.244 e. The fourth-order valence-corrected chi connectivity index (χ4v) is 2.65. The van der Waals surface area contributed by atoms with Gasteiger partial charge in [0.25, 0.3) is 0 Å². The van der Waals surface area contributed by atoms with Crippen molar-refractivity contribution in [2.45, 2.75) is 45.6 Å². The molecule has 1 N–H and O–H groups in total. The van der Waals surface area contributed by atoms with Crippen LogP contribution in [0.2, 0.25) is 0 Å². The first kappa shape index (κ1) is 17.4. The summed E-state index contributed by atoms with van der Waals surface area (Å²) in [5, 5.41) is 3.04. The van der Waals surface area contributed by atoms with Crippen molar-refractivity contribution < 1.29 is 14.3 Å². The van der Waals surface area contributed by atoms with Gasteiger partial charge in [0, 0.05) is 12.1 Å². The predicted octanol–water partition coefficient (Wildman–Crippen LogP) is 3.80. The van der Waals surface area contributed by atoms with Crippen molar-refractivity contribution in [2.75, 3.05) is 13.7 Å². The lowest BCUT2D eigenvalue weighted by molar-refractivity contribution is -0.117. The van der Waals surface area contributed by atoms with Gasteiger partial charge in [0.1, 0.15) is 0 Å². The molecule has 0 saturated heterocycles. The van der Waals surface area contributed by atoms with E-state index in [0.29, 0.717) is 24.3 Å². The Kier molecular flexibility index (Phi) is 6.51. The number of amides is 1. The first-order valence-corrected chi connectivity index (χ1v) is 8.38. The maximum atomic E-state index is 11.9. The molecular weight excluding hydrogens is 290 g/mol. The monoisotopic (exact) mass is 317 g/mol. The van der Waals surface area contributed by atoms with Crippen LogP contribution in [0.15, 0.2) is 24.3 Å². The lowest BCUT2D eigenvalue weighted by Gasteiger charge is -2.13. The Bertz CT molecular complexity index is 546. The van der Waals surface area contributed by atoms with Crippen LogP contribution < -0.4 is 14.8 Å². The summed E-state index contributed by atoms with van der Waals surface area (Å²) >= 11 is 0. The van der Waals surface area contributed by atoms with Gasteiger partial charge in [0.05, 0.1) is 13.7 Å². The molecule has 1 fully saturated rings. The lowest BCUT2D eigenvalue weighted by Crippen LogP contribution is -2.30. The topological polar surface area (TPSA) is 47.6 Å². The molecule has 1 aromatic carbocycles. The average Bonchev–Trinajstić information content (AvgIpc) is 3.04. The number of hydrogen-bond acceptors (Lipinski definition) is 3. The molecule has 4 nitrogen and oxygen atoms in total. The molecule has 0 unspecified atom stereocenters. The molecule has 4 heteroatoms. The number of ether oxygens (including phenoxy) is 2. The van der Waals surface area contributed by atoms with Crippen molar-refractivity contribution in [3.63, 3.8) is 0 Å². The Hall–Kier alpha value is -1.97. The van der Waals surface area contributed by atoms with E-state index in [1.54, 1.807) is 19.3 Å². The molecule has 1 amide bonds. The first-order valence-electron chi connectivity index (χ1n) is 8.38. The molecule has 0 bridgehead atoms. The molecular formula is C19H27NO3. The van der Waals surface area contributed by atoms with Crippen LogP contribution >= 0.6 is 0 Å². The molecule has 1 saturated carbocycles. The quantitative estimate of drug-likeness (QED) is 0.778. The van der Waals surface area contributed by atoms with Crippen molar-refractivity contribution in [1.29, 1.82) is 0 Å². The van der Waals surface area contributed by atoms with Gasteiger partial charge in [-0.25, -0.2) is 0 Å². The summed E-state index contributed by atoms with van der Waals surface area (Å²) in [6.45, 7) is 4.86. The molecule has 1 aliphatic rings. The van der Waals surface area contributed by atoms with E-state index in [9.17, 15) is 4.79 Å². The van der Waals surface area contributed by atoms with Crippen molar-refractivity contribution in [2.24, 2.45) is 5.92 Å². The van der Waals surface area contributed by atoms with Crippen LogP contribution in [0.1, 0.15) is 45.1 Å². The number of hydrogen-bond donors (Lipinski definition) is 1. The fourth-order valence-electron chi connectivity index (χ4n) is 2.65. The highest BCUT2D eigenvalue weighted by atomic mass is 16.5. The number of benzene rings is 1. The normalized spacial score (nSPS) is 15.3. The van der Waals surface area contributed by atoms with Crippen LogP contribution in [0, 0.1) is 5.92 Å². The third-order valence-corrected chi connectivity index (χ3v) is 3.89. The van der Waals surface area contributed by atoms with E-state index in [0.717, 1.165) is 24.2 Å². The van der Waals surface area contributed by atoms with Crippen LogP contribution in [0.3, 0.4) is 0 Å². The summed E-state index contributed by atoms with van der Waals surface area (Å²) in [6.07, 6.45) is 8.00. The zero-order valence-electron chi connectivity index (χ0n) is 14.3. The van der Waals surface area contributed by atoms with E-state index in [4.69, 9.17) is 9.47 Å². The highest BCUT2D eigenvalue weighted by Crippen LogP contribution is 2.29. The Balaban J connectivity index is 1.96. The van der Waals surface area contributed by atoms with Crippen molar-refractivity contribution in [3.05, 3.63) is 29.8 Å². The average molecular weight is 317 g/mol. The van der Waals surface area contributed by atoms with E-state index >= 15 is 0 Å². The van der Waals surface area contributed by atoms with E-state index in [1.165, 1.54) is 12.8 Å². The van der Waals surface area contributed by atoms with Gasteiger partial charge in [0.2, 0.25) is 5.91 Å². The van der Waals surface area contributed by atoms with Crippen molar-refractivity contribution >= 4 is 12.0 Å². The van der Waals surface area contributed by atoms with Crippen LogP contribution in [0.4, 0.5) is 0 Å². The van der Waals surface area contributed by atoms with Gasteiger partial charge < -0.3 is 14.8 Å². The van der Waals surface area contributed by atoms with Crippen LogP contribution in [0.25, 0.3) is 6.08 Å². The molecule has 0 aromatic heterocycles. The van der Waals surface area contributed by atoms with Gasteiger partial charge >= 0.3 is 0 Å². The standard InChI is InChI=1S/C19H27NO3/c1-14(2)13-23-17-10-8-15(12-18(17)22-3)9-11-19(21)20-16-6-4-5-7-16/h8-12,14,16H,4-7,13H2,1-3H3,(H,20,21)/b11-9+. The molecule has 0 atom stereocenters. The van der Waals surface area contributed by atoms with Crippen molar-refractivity contribution in [3.8, 4) is 11.5 Å². The van der Waals surface area contributed by atoms with E-state index in [2.05, 4.69) is 19.2 Å². The summed E-state index contributed by atoms with van der Waals surface area (Å²) in [5.41, 5.74) is 0.917. The zero-order chi connectivity index (χ0) is 16.7. The molecule has 23 heavy (non-hydrogen) atoms. The highest BCUT2D eigenvalue weighted by molar-refractivity contribution is 5.92. The number of methoxy groups -OCH3 is 1. The number of carbonyl (C=O) groups is 1. The summed E-state index contributed by atoms with van der Waals surface area (Å²) in [4.78, 5) is 11.9. The van der Waals surface area contributed by atoms with Gasteiger partial charge in [-0.1, -0.05) is 32.8 Å². The second-order valence-electron chi connectivity index (χ2n) is 6.44. The first-order chi connectivity index (χ1) is 11.1. The van der Waals surface area contributed by atoms with Crippen molar-refractivity contribution in [1.82, 2.24) is 5.32 Å². The molecule has 0 spiro atoms. The summed E-state index contributed by atoms with van der Waals surface area (Å²) in [7, 11) is 1.62. The Morgan fingerprint density at radius 2 is 2.04 bits per heavy atom. The minimum absolute atomic E-state index is 0.0315. The fraction of sp³-hybridized carbons (Fsp3) is 0.526. The second-order valence-corrected chi connectivity index (χ2v) is 6.44. The highest BCUT2D eigenvalue weighted by Gasteiger charge is 2.15. The van der Waals surface area contributed by atoms with Gasteiger partial charge in [-0.15, -0.1) is 0 Å². The number of nitrogens with one attached hydrogen (secondary N) is 1.